The molecule has 0 fully saturated rings. The first-order chi connectivity index (χ1) is 16.3. The molecule has 0 heterocycles. The molecule has 182 valence electrons. The summed E-state index contributed by atoms with van der Waals surface area (Å²) >= 11 is 0. The molecule has 0 aromatic heterocycles. The van der Waals surface area contributed by atoms with Crippen LogP contribution in [0.25, 0.3) is 11.1 Å². The molecule has 0 radical (unpaired) electrons. The third kappa shape index (κ3) is 5.95. The Morgan fingerprint density at radius 3 is 2.06 bits per heavy atom. The second-order valence-electron chi connectivity index (χ2n) is 8.88. The number of hydrogen-bond acceptors (Lipinski definition) is 4. The molecule has 1 aliphatic carbocycles. The van der Waals surface area contributed by atoms with Crippen molar-refractivity contribution in [1.29, 1.82) is 0 Å². The highest BCUT2D eigenvalue weighted by Gasteiger charge is 2.29. The van der Waals surface area contributed by atoms with E-state index in [1.54, 1.807) is 6.92 Å². The van der Waals surface area contributed by atoms with Crippen LogP contribution in [0, 0.1) is 5.92 Å². The molecule has 1 aliphatic rings. The standard InChI is InChI=1S/C27H34N2O5/c1-4-17(3)25(26(31)32)29-24(30)15-14-18(5-2)28-27(33)34-16-23-21-12-8-6-10-19(21)20-11-7-9-13-22(20)23/h6-13,17-18,23,25H,4-5,14-16H2,1-3H3,(H,28,33)(H,29,30)(H,31,32)/t17-,18?,25-/m0/s1. The quantitative estimate of drug-likeness (QED) is 0.445. The van der Waals surface area contributed by atoms with E-state index in [1.807, 2.05) is 38.1 Å². The van der Waals surface area contributed by atoms with Gasteiger partial charge < -0.3 is 20.5 Å². The summed E-state index contributed by atoms with van der Waals surface area (Å²) in [4.78, 5) is 36.2. The highest BCUT2D eigenvalue weighted by atomic mass is 16.5. The molecule has 7 heteroatoms. The smallest absolute Gasteiger partial charge is 0.407 e. The van der Waals surface area contributed by atoms with Crippen molar-refractivity contribution in [2.24, 2.45) is 5.92 Å². The van der Waals surface area contributed by atoms with Crippen LogP contribution in [-0.4, -0.2) is 41.8 Å². The lowest BCUT2D eigenvalue weighted by Crippen LogP contribution is -2.45. The zero-order valence-electron chi connectivity index (χ0n) is 20.0. The molecule has 2 aromatic carbocycles. The minimum absolute atomic E-state index is 0.0162. The first kappa shape index (κ1) is 25.3. The van der Waals surface area contributed by atoms with E-state index < -0.39 is 18.1 Å². The van der Waals surface area contributed by atoms with Gasteiger partial charge in [0.1, 0.15) is 12.6 Å². The van der Waals surface area contributed by atoms with Crippen molar-refractivity contribution in [2.45, 2.75) is 64.5 Å². The molecule has 2 aromatic rings. The topological polar surface area (TPSA) is 105 Å². The molecular formula is C27H34N2O5. The fourth-order valence-electron chi connectivity index (χ4n) is 4.42. The van der Waals surface area contributed by atoms with Gasteiger partial charge in [-0.25, -0.2) is 9.59 Å². The summed E-state index contributed by atoms with van der Waals surface area (Å²) in [6, 6.07) is 15.2. The van der Waals surface area contributed by atoms with Crippen LogP contribution >= 0.6 is 0 Å². The normalized spacial score (nSPS) is 14.9. The van der Waals surface area contributed by atoms with Crippen LogP contribution in [0.15, 0.2) is 48.5 Å². The minimum atomic E-state index is -1.04. The number of rotatable bonds is 11. The monoisotopic (exact) mass is 466 g/mol. The van der Waals surface area contributed by atoms with E-state index in [9.17, 15) is 19.5 Å². The van der Waals surface area contributed by atoms with E-state index in [4.69, 9.17) is 4.74 Å². The van der Waals surface area contributed by atoms with Crippen molar-refractivity contribution in [3.8, 4) is 11.1 Å². The molecule has 7 nitrogen and oxygen atoms in total. The lowest BCUT2D eigenvalue weighted by atomic mass is 9.98. The summed E-state index contributed by atoms with van der Waals surface area (Å²) in [5.41, 5.74) is 4.63. The molecule has 34 heavy (non-hydrogen) atoms. The first-order valence-electron chi connectivity index (χ1n) is 12.0. The van der Waals surface area contributed by atoms with Crippen LogP contribution in [0.3, 0.4) is 0 Å². The third-order valence-corrected chi connectivity index (χ3v) is 6.67. The van der Waals surface area contributed by atoms with Crippen LogP contribution in [-0.2, 0) is 14.3 Å². The molecule has 0 saturated carbocycles. The number of carboxylic acid groups (broad SMARTS) is 1. The van der Waals surface area contributed by atoms with Gasteiger partial charge >= 0.3 is 12.1 Å². The number of carbonyl (C=O) groups is 3. The van der Waals surface area contributed by atoms with Crippen molar-refractivity contribution in [2.75, 3.05) is 6.61 Å². The zero-order valence-corrected chi connectivity index (χ0v) is 20.0. The maximum absolute atomic E-state index is 12.5. The lowest BCUT2D eigenvalue weighted by molar-refractivity contribution is -0.143. The molecule has 3 atom stereocenters. The Morgan fingerprint density at radius 1 is 0.941 bits per heavy atom. The number of fused-ring (bicyclic) bond motifs is 3. The van der Waals surface area contributed by atoms with E-state index in [1.165, 1.54) is 11.1 Å². The Bertz CT molecular complexity index is 976. The van der Waals surface area contributed by atoms with E-state index in [0.29, 0.717) is 19.3 Å². The molecule has 0 bridgehead atoms. The molecule has 0 aliphatic heterocycles. The highest BCUT2D eigenvalue weighted by molar-refractivity contribution is 5.83. The molecule has 2 amide bonds. The maximum Gasteiger partial charge on any atom is 0.407 e. The number of ether oxygens (including phenoxy) is 1. The van der Waals surface area contributed by atoms with Crippen LogP contribution < -0.4 is 10.6 Å². The second-order valence-corrected chi connectivity index (χ2v) is 8.88. The van der Waals surface area contributed by atoms with Gasteiger partial charge in [0, 0.05) is 18.4 Å². The van der Waals surface area contributed by atoms with Crippen molar-refractivity contribution < 1.29 is 24.2 Å². The van der Waals surface area contributed by atoms with Crippen molar-refractivity contribution in [1.82, 2.24) is 10.6 Å². The van der Waals surface area contributed by atoms with Gasteiger partial charge in [0.15, 0.2) is 0 Å². The average Bonchev–Trinajstić information content (AvgIpc) is 3.16. The Balaban J connectivity index is 1.51. The third-order valence-electron chi connectivity index (χ3n) is 6.67. The highest BCUT2D eigenvalue weighted by Crippen LogP contribution is 2.44. The number of carboxylic acids is 1. The maximum atomic E-state index is 12.5. The van der Waals surface area contributed by atoms with Crippen molar-refractivity contribution >= 4 is 18.0 Å². The molecular weight excluding hydrogens is 432 g/mol. The van der Waals surface area contributed by atoms with Gasteiger partial charge in [-0.3, -0.25) is 4.79 Å². The van der Waals surface area contributed by atoms with Crippen LogP contribution in [0.5, 0.6) is 0 Å². The SMILES string of the molecule is CCC(CCC(=O)N[C@H](C(=O)O)[C@@H](C)CC)NC(=O)OCC1c2ccccc2-c2ccccc21. The van der Waals surface area contributed by atoms with Gasteiger partial charge in [-0.15, -0.1) is 0 Å². The average molecular weight is 467 g/mol. The predicted molar refractivity (Wildman–Crippen MR) is 131 cm³/mol. The Kier molecular flexibility index (Phi) is 8.68. The van der Waals surface area contributed by atoms with E-state index in [2.05, 4.69) is 34.9 Å². The van der Waals surface area contributed by atoms with Gasteiger partial charge in [0.25, 0.3) is 0 Å². The first-order valence-corrected chi connectivity index (χ1v) is 12.0. The number of alkyl carbamates (subject to hydrolysis) is 1. The van der Waals surface area contributed by atoms with E-state index >= 15 is 0 Å². The summed E-state index contributed by atoms with van der Waals surface area (Å²) in [5.74, 6) is -1.55. The lowest BCUT2D eigenvalue weighted by Gasteiger charge is -2.21. The number of hydrogen-bond donors (Lipinski definition) is 3. The van der Waals surface area contributed by atoms with Crippen LogP contribution in [0.1, 0.15) is 63.5 Å². The summed E-state index contributed by atoms with van der Waals surface area (Å²) in [5, 5.41) is 14.8. The molecule has 1 unspecified atom stereocenters. The number of amides is 2. The summed E-state index contributed by atoms with van der Waals surface area (Å²) in [6.45, 7) is 5.84. The number of nitrogens with one attached hydrogen (secondary N) is 2. The molecule has 0 saturated heterocycles. The summed E-state index contributed by atoms with van der Waals surface area (Å²) in [6.07, 6.45) is 1.29. The fraction of sp³-hybridized carbons (Fsp3) is 0.444. The largest absolute Gasteiger partial charge is 0.480 e. The van der Waals surface area contributed by atoms with Crippen LogP contribution in [0.4, 0.5) is 4.79 Å². The Labute approximate surface area is 200 Å². The van der Waals surface area contributed by atoms with Gasteiger partial charge in [-0.2, -0.15) is 0 Å². The number of aliphatic carboxylic acids is 1. The second kappa shape index (κ2) is 11.7. The van der Waals surface area contributed by atoms with Gasteiger partial charge in [-0.05, 0) is 41.0 Å². The van der Waals surface area contributed by atoms with E-state index in [0.717, 1.165) is 11.1 Å². The summed E-state index contributed by atoms with van der Waals surface area (Å²) < 4.78 is 5.59. The summed E-state index contributed by atoms with van der Waals surface area (Å²) in [7, 11) is 0. The zero-order chi connectivity index (χ0) is 24.7. The Hall–Kier alpha value is -3.35. The van der Waals surface area contributed by atoms with Crippen molar-refractivity contribution in [3.63, 3.8) is 0 Å². The van der Waals surface area contributed by atoms with E-state index in [-0.39, 0.29) is 36.8 Å². The molecule has 3 rings (SSSR count). The number of carbonyl (C=O) groups excluding carboxylic acids is 2. The van der Waals surface area contributed by atoms with Gasteiger partial charge in [0.05, 0.1) is 0 Å². The van der Waals surface area contributed by atoms with Crippen molar-refractivity contribution in [3.05, 3.63) is 59.7 Å². The molecule has 0 spiro atoms. The predicted octanol–water partition coefficient (Wildman–Crippen LogP) is 4.70. The number of benzene rings is 2. The van der Waals surface area contributed by atoms with Gasteiger partial charge in [0.2, 0.25) is 5.91 Å². The van der Waals surface area contributed by atoms with Gasteiger partial charge in [-0.1, -0.05) is 75.7 Å². The Morgan fingerprint density at radius 2 is 1.53 bits per heavy atom. The molecule has 3 N–H and O–H groups in total. The minimum Gasteiger partial charge on any atom is -0.480 e. The van der Waals surface area contributed by atoms with Crippen LogP contribution in [0.2, 0.25) is 0 Å². The fourth-order valence-corrected chi connectivity index (χ4v) is 4.42.